The van der Waals surface area contributed by atoms with Crippen LogP contribution in [0.15, 0.2) is 218 Å². The molecule has 10 rings (SSSR count). The van der Waals surface area contributed by atoms with Gasteiger partial charge in [-0.1, -0.05) is 109 Å². The molecular weight excluding hydrogens is 847 g/mol. The van der Waals surface area contributed by atoms with Gasteiger partial charge in [-0.3, -0.25) is 0 Å². The Kier molecular flexibility index (Phi) is 12.6. The Hall–Kier alpha value is -7.56. The third kappa shape index (κ3) is 9.60. The second-order valence-corrected chi connectivity index (χ2v) is 17.0. The maximum atomic E-state index is 6.25. The average Bonchev–Trinajstić information content (AvgIpc) is 3.36. The van der Waals surface area contributed by atoms with E-state index in [0.717, 1.165) is 101 Å². The third-order valence-electron chi connectivity index (χ3n) is 11.1. The molecule has 0 N–H and O–H groups in total. The first-order chi connectivity index (χ1) is 32.5. The number of rotatable bonds is 15. The molecule has 0 aliphatic carbocycles. The van der Waals surface area contributed by atoms with Crippen molar-refractivity contribution in [1.82, 2.24) is 9.97 Å². The highest BCUT2D eigenvalue weighted by Gasteiger charge is 2.18. The lowest BCUT2D eigenvalue weighted by atomic mass is 10.0. The molecule has 316 valence electrons. The maximum Gasteiger partial charge on any atom is 0.881 e. The first kappa shape index (κ1) is 42.4. The molecule has 0 amide bonds. The molecule has 0 aliphatic rings. The second kappa shape index (κ2) is 19.7. The van der Waals surface area contributed by atoms with Crippen molar-refractivity contribution in [2.75, 3.05) is 9.80 Å². The van der Waals surface area contributed by atoms with Crippen LogP contribution in [0.2, 0.25) is 0 Å². The largest absolute Gasteiger partial charge is 0.881 e. The number of aryl methyl sites for hydroxylation is 2. The molecule has 0 saturated heterocycles. The normalized spacial score (nSPS) is 10.9. The fourth-order valence-corrected chi connectivity index (χ4v) is 9.13. The summed E-state index contributed by atoms with van der Waals surface area (Å²) in [5.41, 5.74) is 11.8. The quantitative estimate of drug-likeness (QED) is 0.0943. The molecule has 2 heterocycles. The molecule has 0 atom stereocenters. The molecule has 10 heteroatoms. The van der Waals surface area contributed by atoms with Crippen LogP contribution in [0.3, 0.4) is 0 Å². The first-order valence-corrected chi connectivity index (χ1v) is 23.5. The Labute approximate surface area is 398 Å². The number of pyridine rings is 2. The summed E-state index contributed by atoms with van der Waals surface area (Å²) in [6.45, 7) is 3.97. The SMILES string of the molecule is Cc1ccc2cccc([O][Al][O]c3cccc(N(c4ccccc4)c4ccc(-c5ccc(N(c6ccccc6)c6cccc([O][Al][O]c7cccc8ccc(C)nc78)c6)cc5)cc4)c3)c2n1. The van der Waals surface area contributed by atoms with Crippen LogP contribution >= 0.6 is 0 Å². The second-order valence-electron chi connectivity index (χ2n) is 15.7. The monoisotopic (exact) mass is 888 g/mol. The van der Waals surface area contributed by atoms with E-state index < -0.39 is 31.8 Å². The van der Waals surface area contributed by atoms with E-state index in [1.807, 2.05) is 98.8 Å². The van der Waals surface area contributed by atoms with Crippen LogP contribution < -0.4 is 25.0 Å². The topological polar surface area (TPSA) is 69.2 Å². The van der Waals surface area contributed by atoms with Crippen LogP contribution in [-0.2, 0) is 0 Å². The molecule has 0 fully saturated rings. The summed E-state index contributed by atoms with van der Waals surface area (Å²) >= 11 is -1.67. The van der Waals surface area contributed by atoms with Gasteiger partial charge in [0, 0.05) is 68.4 Å². The van der Waals surface area contributed by atoms with Gasteiger partial charge in [0.25, 0.3) is 0 Å². The van der Waals surface area contributed by atoms with E-state index in [-0.39, 0.29) is 0 Å². The zero-order chi connectivity index (χ0) is 44.7. The zero-order valence-corrected chi connectivity index (χ0v) is 38.7. The van der Waals surface area contributed by atoms with Gasteiger partial charge in [0.15, 0.2) is 0 Å². The van der Waals surface area contributed by atoms with E-state index in [2.05, 4.69) is 143 Å². The predicted molar refractivity (Wildman–Crippen MR) is 268 cm³/mol. The number of anilines is 6. The lowest BCUT2D eigenvalue weighted by Crippen LogP contribution is -2.13. The predicted octanol–water partition coefficient (Wildman–Crippen LogP) is 14.0. The third-order valence-corrected chi connectivity index (χ3v) is 12.6. The minimum Gasteiger partial charge on any atom is -0.616 e. The Morgan fingerprint density at radius 1 is 0.333 bits per heavy atom. The van der Waals surface area contributed by atoms with Crippen LogP contribution in [0.1, 0.15) is 11.4 Å². The summed E-state index contributed by atoms with van der Waals surface area (Å²) in [5, 5.41) is 2.07. The Balaban J connectivity index is 0.860. The fourth-order valence-electron chi connectivity index (χ4n) is 7.93. The van der Waals surface area contributed by atoms with Crippen molar-refractivity contribution in [1.29, 1.82) is 0 Å². The molecule has 0 bridgehead atoms. The highest BCUT2D eigenvalue weighted by molar-refractivity contribution is 6.21. The number of aromatic nitrogens is 2. The van der Waals surface area contributed by atoms with Gasteiger partial charge < -0.3 is 25.0 Å². The highest BCUT2D eigenvalue weighted by atomic mass is 27.2. The van der Waals surface area contributed by atoms with Crippen molar-refractivity contribution in [3.63, 3.8) is 0 Å². The van der Waals surface area contributed by atoms with Gasteiger partial charge in [-0.05, 0) is 122 Å². The van der Waals surface area contributed by atoms with E-state index >= 15 is 0 Å². The lowest BCUT2D eigenvalue weighted by molar-refractivity contribution is 0.461. The summed E-state index contributed by atoms with van der Waals surface area (Å²) in [5.74, 6) is 2.91. The van der Waals surface area contributed by atoms with Gasteiger partial charge in [-0.15, -0.1) is 0 Å². The number of para-hydroxylation sites is 4. The zero-order valence-electron chi connectivity index (χ0n) is 36.4. The van der Waals surface area contributed by atoms with Gasteiger partial charge in [0.1, 0.15) is 22.5 Å². The van der Waals surface area contributed by atoms with Crippen molar-refractivity contribution in [3.8, 4) is 34.1 Å². The highest BCUT2D eigenvalue weighted by Crippen LogP contribution is 2.39. The number of benzene rings is 8. The molecule has 2 aromatic heterocycles. The van der Waals surface area contributed by atoms with Crippen LogP contribution in [0.5, 0.6) is 23.0 Å². The van der Waals surface area contributed by atoms with Crippen molar-refractivity contribution < 1.29 is 15.2 Å². The van der Waals surface area contributed by atoms with Crippen molar-refractivity contribution in [2.24, 2.45) is 0 Å². The summed E-state index contributed by atoms with van der Waals surface area (Å²) in [6, 6.07) is 74.5. The smallest absolute Gasteiger partial charge is 0.616 e. The number of nitrogens with zero attached hydrogens (tertiary/aromatic N) is 4. The summed E-state index contributed by atoms with van der Waals surface area (Å²) in [6.07, 6.45) is 0. The molecule has 8 aromatic carbocycles. The molecule has 0 aliphatic heterocycles. The molecule has 0 spiro atoms. The summed E-state index contributed by atoms with van der Waals surface area (Å²) in [4.78, 5) is 13.9. The number of hydrogen-bond acceptors (Lipinski definition) is 8. The summed E-state index contributed by atoms with van der Waals surface area (Å²) < 4.78 is 24.9. The van der Waals surface area contributed by atoms with E-state index in [9.17, 15) is 0 Å². The molecular formula is C56H42Al2N4O4. The Morgan fingerprint density at radius 3 is 1.14 bits per heavy atom. The molecule has 10 aromatic rings. The van der Waals surface area contributed by atoms with E-state index in [1.54, 1.807) is 0 Å². The Bertz CT molecular complexity index is 3030. The van der Waals surface area contributed by atoms with Crippen LogP contribution in [0, 0.1) is 13.8 Å². The van der Waals surface area contributed by atoms with Gasteiger partial charge in [-0.2, -0.15) is 0 Å². The van der Waals surface area contributed by atoms with Gasteiger partial charge in [-0.25, -0.2) is 9.97 Å². The number of hydrogen-bond donors (Lipinski definition) is 0. The van der Waals surface area contributed by atoms with Crippen LogP contribution in [0.25, 0.3) is 32.9 Å². The van der Waals surface area contributed by atoms with E-state index in [0.29, 0.717) is 0 Å². The van der Waals surface area contributed by atoms with Crippen LogP contribution in [0.4, 0.5) is 34.1 Å². The summed E-state index contributed by atoms with van der Waals surface area (Å²) in [7, 11) is 0. The van der Waals surface area contributed by atoms with Gasteiger partial charge in [0.05, 0.1) is 11.5 Å². The minimum atomic E-state index is -0.834. The molecule has 2 radical (unpaired) electrons. The molecule has 8 nitrogen and oxygen atoms in total. The minimum absolute atomic E-state index is 0.723. The van der Waals surface area contributed by atoms with Crippen LogP contribution in [-0.4, -0.2) is 41.7 Å². The van der Waals surface area contributed by atoms with Crippen molar-refractivity contribution in [2.45, 2.75) is 13.8 Å². The first-order valence-electron chi connectivity index (χ1n) is 21.7. The van der Waals surface area contributed by atoms with E-state index in [4.69, 9.17) is 25.1 Å². The molecule has 0 unspecified atom stereocenters. The lowest BCUT2D eigenvalue weighted by Gasteiger charge is -2.26. The van der Waals surface area contributed by atoms with Crippen molar-refractivity contribution >= 4 is 87.7 Å². The van der Waals surface area contributed by atoms with Crippen molar-refractivity contribution in [3.05, 3.63) is 230 Å². The molecule has 0 saturated carbocycles. The standard InChI is InChI=1S/C36H28N2O2.2C10H9NO.2Al/c39-35-15-7-13-33(25-35)37(29-9-3-1-4-10-29)31-21-17-27(18-22-31)28-19-23-32(24-20-28)38(30-11-5-2-6-12-30)34-14-8-16-36(40)26-34;2*1-7-5-6-8-3-2-4-9(12)10(8)11-7;;/h1-26,39-40H;2*2-6,12H,1H3;;/q;;;2*+2/p-4. The maximum absolute atomic E-state index is 6.25. The molecule has 66 heavy (non-hydrogen) atoms. The number of fused-ring (bicyclic) bond motifs is 2. The fraction of sp³-hybridized carbons (Fsp3) is 0.0357. The van der Waals surface area contributed by atoms with Gasteiger partial charge in [0.2, 0.25) is 0 Å². The Morgan fingerprint density at radius 2 is 0.712 bits per heavy atom. The van der Waals surface area contributed by atoms with Gasteiger partial charge >= 0.3 is 31.8 Å². The van der Waals surface area contributed by atoms with E-state index in [1.165, 1.54) is 0 Å². The average molecular weight is 889 g/mol.